The highest BCUT2D eigenvalue weighted by Gasteiger charge is 2.16. The van der Waals surface area contributed by atoms with Gasteiger partial charge in [0.15, 0.2) is 0 Å². The zero-order chi connectivity index (χ0) is 9.80. The van der Waals surface area contributed by atoms with E-state index in [0.717, 1.165) is 24.5 Å². The second kappa shape index (κ2) is 7.84. The van der Waals surface area contributed by atoms with Gasteiger partial charge in [0, 0.05) is 37.1 Å². The summed E-state index contributed by atoms with van der Waals surface area (Å²) in [5.74, 6) is 0.239. The van der Waals surface area contributed by atoms with Crippen LogP contribution in [0.3, 0.4) is 0 Å². The lowest BCUT2D eigenvalue weighted by Gasteiger charge is -2.18. The molecule has 7 heteroatoms. The molecule has 1 N–H and O–H groups in total. The summed E-state index contributed by atoms with van der Waals surface area (Å²) in [6.45, 7) is 3.21. The maximum atomic E-state index is 11.6. The van der Waals surface area contributed by atoms with Crippen molar-refractivity contribution in [3.63, 3.8) is 0 Å². The Kier molecular flexibility index (Phi) is 7.66. The van der Waals surface area contributed by atoms with Crippen LogP contribution in [0.4, 0.5) is 0 Å². The van der Waals surface area contributed by atoms with Gasteiger partial charge in [-0.2, -0.15) is 0 Å². The first-order valence-electron chi connectivity index (χ1n) is 4.72. The number of hydrogen-bond donors (Lipinski definition) is 1. The highest BCUT2D eigenvalue weighted by molar-refractivity contribution is 7.09. The van der Waals surface area contributed by atoms with Crippen LogP contribution >= 0.6 is 36.2 Å². The Labute approximate surface area is 111 Å². The highest BCUT2D eigenvalue weighted by Crippen LogP contribution is 2.10. The van der Waals surface area contributed by atoms with Crippen molar-refractivity contribution in [2.24, 2.45) is 0 Å². The largest absolute Gasteiger partial charge is 0.336 e. The second-order valence-electron chi connectivity index (χ2n) is 3.28. The molecule has 0 spiro atoms. The Morgan fingerprint density at radius 3 is 2.94 bits per heavy atom. The molecule has 1 saturated heterocycles. The fraction of sp³-hybridized carbons (Fsp3) is 0.556. The Hall–Kier alpha value is -0.360. The average molecular weight is 284 g/mol. The van der Waals surface area contributed by atoms with Gasteiger partial charge in [0.25, 0.3) is 0 Å². The van der Waals surface area contributed by atoms with E-state index < -0.39 is 0 Å². The van der Waals surface area contributed by atoms with Gasteiger partial charge in [0.1, 0.15) is 0 Å². The van der Waals surface area contributed by atoms with Gasteiger partial charge in [-0.05, 0) is 0 Å². The number of rotatable bonds is 2. The lowest BCUT2D eigenvalue weighted by Crippen LogP contribution is -2.31. The minimum Gasteiger partial charge on any atom is -0.336 e. The molecule has 2 rings (SSSR count). The average Bonchev–Trinajstić information content (AvgIpc) is 2.60. The number of hydrogen-bond acceptors (Lipinski definition) is 4. The number of thiazole rings is 1. The summed E-state index contributed by atoms with van der Waals surface area (Å²) in [4.78, 5) is 18.7. The lowest BCUT2D eigenvalue weighted by molar-refractivity contribution is -0.130. The van der Waals surface area contributed by atoms with Crippen molar-refractivity contribution in [1.29, 1.82) is 0 Å². The molecule has 0 aliphatic carbocycles. The molecule has 1 aromatic rings. The smallest absolute Gasteiger partial charge is 0.224 e. The van der Waals surface area contributed by atoms with Crippen LogP contribution in [-0.2, 0) is 11.3 Å². The van der Waals surface area contributed by atoms with Crippen molar-refractivity contribution in [2.75, 3.05) is 19.6 Å². The predicted octanol–water partition coefficient (Wildman–Crippen LogP) is 1.31. The topological polar surface area (TPSA) is 45.2 Å². The molecule has 4 nitrogen and oxygen atoms in total. The number of halogens is 2. The van der Waals surface area contributed by atoms with E-state index in [1.165, 1.54) is 0 Å². The fourth-order valence-corrected chi connectivity index (χ4v) is 2.10. The summed E-state index contributed by atoms with van der Waals surface area (Å²) in [7, 11) is 0. The van der Waals surface area contributed by atoms with E-state index in [-0.39, 0.29) is 30.7 Å². The van der Waals surface area contributed by atoms with E-state index in [9.17, 15) is 4.79 Å². The molecule has 0 atom stereocenters. The summed E-state index contributed by atoms with van der Waals surface area (Å²) in [6, 6.07) is 0. The zero-order valence-electron chi connectivity index (χ0n) is 8.72. The maximum Gasteiger partial charge on any atom is 0.224 e. The first-order valence-corrected chi connectivity index (χ1v) is 5.60. The van der Waals surface area contributed by atoms with E-state index in [1.54, 1.807) is 16.8 Å². The standard InChI is InChI=1S/C9H13N3OS.2ClH/c13-9-1-2-10-3-4-12(9)6-8-5-11-7-14-8;;/h5,7,10H,1-4,6H2;2*1H. The normalized spacial score (nSPS) is 16.0. The molecule has 1 aliphatic rings. The first kappa shape index (κ1) is 15.6. The third-order valence-electron chi connectivity index (χ3n) is 2.26. The third kappa shape index (κ3) is 4.25. The second-order valence-corrected chi connectivity index (χ2v) is 4.25. The number of aromatic nitrogens is 1. The number of carbonyl (C=O) groups excluding carboxylic acids is 1. The molecular weight excluding hydrogens is 269 g/mol. The Bertz CT molecular complexity index is 308. The lowest BCUT2D eigenvalue weighted by atomic mass is 10.3. The third-order valence-corrected chi connectivity index (χ3v) is 3.02. The summed E-state index contributed by atoms with van der Waals surface area (Å²) in [5.41, 5.74) is 1.80. The van der Waals surface area contributed by atoms with Crippen molar-refractivity contribution < 1.29 is 4.79 Å². The molecule has 1 fully saturated rings. The van der Waals surface area contributed by atoms with Crippen molar-refractivity contribution in [3.05, 3.63) is 16.6 Å². The van der Waals surface area contributed by atoms with Crippen LogP contribution in [0.2, 0.25) is 0 Å². The van der Waals surface area contributed by atoms with Gasteiger partial charge in [0.05, 0.1) is 12.1 Å². The number of carbonyl (C=O) groups is 1. The fourth-order valence-electron chi connectivity index (χ4n) is 1.49. The minimum atomic E-state index is 0. The highest BCUT2D eigenvalue weighted by atomic mass is 35.5. The minimum absolute atomic E-state index is 0. The van der Waals surface area contributed by atoms with Crippen LogP contribution in [0.15, 0.2) is 11.7 Å². The molecule has 16 heavy (non-hydrogen) atoms. The van der Waals surface area contributed by atoms with Crippen LogP contribution in [0.5, 0.6) is 0 Å². The SMILES string of the molecule is Cl.Cl.O=C1CCNCCN1Cc1cncs1. The number of nitrogens with zero attached hydrogens (tertiary/aromatic N) is 2. The molecule has 1 aliphatic heterocycles. The summed E-state index contributed by atoms with van der Waals surface area (Å²) in [5, 5.41) is 3.21. The zero-order valence-corrected chi connectivity index (χ0v) is 11.2. The van der Waals surface area contributed by atoms with Gasteiger partial charge in [-0.1, -0.05) is 0 Å². The summed E-state index contributed by atoms with van der Waals surface area (Å²) >= 11 is 1.60. The molecule has 0 bridgehead atoms. The van der Waals surface area contributed by atoms with Gasteiger partial charge in [-0.3, -0.25) is 9.78 Å². The van der Waals surface area contributed by atoms with E-state index in [2.05, 4.69) is 10.3 Å². The van der Waals surface area contributed by atoms with Gasteiger partial charge < -0.3 is 10.2 Å². The molecule has 0 aromatic carbocycles. The van der Waals surface area contributed by atoms with Crippen LogP contribution in [0.25, 0.3) is 0 Å². The molecule has 0 saturated carbocycles. The van der Waals surface area contributed by atoms with Crippen molar-refractivity contribution in [1.82, 2.24) is 15.2 Å². The van der Waals surface area contributed by atoms with Crippen molar-refractivity contribution >= 4 is 42.1 Å². The van der Waals surface area contributed by atoms with Crippen LogP contribution in [0.1, 0.15) is 11.3 Å². The molecule has 0 radical (unpaired) electrons. The van der Waals surface area contributed by atoms with E-state index in [0.29, 0.717) is 13.0 Å². The molecule has 2 heterocycles. The molecule has 1 aromatic heterocycles. The van der Waals surface area contributed by atoms with Crippen LogP contribution in [0, 0.1) is 0 Å². The van der Waals surface area contributed by atoms with Gasteiger partial charge >= 0.3 is 0 Å². The van der Waals surface area contributed by atoms with Gasteiger partial charge in [-0.15, -0.1) is 36.2 Å². The Morgan fingerprint density at radius 2 is 2.25 bits per heavy atom. The molecule has 0 unspecified atom stereocenters. The Morgan fingerprint density at radius 1 is 1.44 bits per heavy atom. The molecule has 1 amide bonds. The molecular formula is C9H15Cl2N3OS. The van der Waals surface area contributed by atoms with E-state index in [1.807, 2.05) is 11.1 Å². The maximum absolute atomic E-state index is 11.6. The van der Waals surface area contributed by atoms with Crippen molar-refractivity contribution in [3.8, 4) is 0 Å². The number of nitrogens with one attached hydrogen (secondary N) is 1. The molecule has 92 valence electrons. The first-order chi connectivity index (χ1) is 6.86. The van der Waals surface area contributed by atoms with Crippen LogP contribution < -0.4 is 5.32 Å². The van der Waals surface area contributed by atoms with Gasteiger partial charge in [0.2, 0.25) is 5.91 Å². The van der Waals surface area contributed by atoms with Crippen LogP contribution in [-0.4, -0.2) is 35.4 Å². The predicted molar refractivity (Wildman–Crippen MR) is 69.5 cm³/mol. The summed E-state index contributed by atoms with van der Waals surface area (Å²) in [6.07, 6.45) is 2.44. The summed E-state index contributed by atoms with van der Waals surface area (Å²) < 4.78 is 0. The van der Waals surface area contributed by atoms with Crippen molar-refractivity contribution in [2.45, 2.75) is 13.0 Å². The monoisotopic (exact) mass is 283 g/mol. The Balaban J connectivity index is 0.00000112. The van der Waals surface area contributed by atoms with Gasteiger partial charge in [-0.25, -0.2) is 0 Å². The van der Waals surface area contributed by atoms with E-state index >= 15 is 0 Å². The number of amides is 1. The quantitative estimate of drug-likeness (QED) is 0.890. The van der Waals surface area contributed by atoms with E-state index in [4.69, 9.17) is 0 Å².